The van der Waals surface area contributed by atoms with Gasteiger partial charge < -0.3 is 5.11 Å². The third-order valence-electron chi connectivity index (χ3n) is 2.74. The molecule has 0 aliphatic carbocycles. The van der Waals surface area contributed by atoms with Crippen LogP contribution in [0.5, 0.6) is 0 Å². The van der Waals surface area contributed by atoms with Gasteiger partial charge in [0.2, 0.25) is 0 Å². The summed E-state index contributed by atoms with van der Waals surface area (Å²) in [4.78, 5) is 1.76. The number of aliphatic hydroxyl groups excluding tert-OH is 1. The highest BCUT2D eigenvalue weighted by atomic mass is 19.1. The summed E-state index contributed by atoms with van der Waals surface area (Å²) in [7, 11) is 0. The molecule has 0 unspecified atom stereocenters. The summed E-state index contributed by atoms with van der Waals surface area (Å²) in [5.41, 5.74) is -0.608. The molecule has 2 aliphatic heterocycles. The minimum Gasteiger partial charge on any atom is -0.394 e. The van der Waals surface area contributed by atoms with Gasteiger partial charge in [-0.3, -0.25) is 4.90 Å². The lowest BCUT2D eigenvalue weighted by Gasteiger charge is -2.28. The molecule has 2 fully saturated rings. The number of fused-ring (bicyclic) bond motifs is 1. The molecule has 0 saturated carbocycles. The lowest BCUT2D eigenvalue weighted by molar-refractivity contribution is 0.0996. The van der Waals surface area contributed by atoms with E-state index in [-0.39, 0.29) is 32.5 Å². The molecule has 2 atom stereocenters. The van der Waals surface area contributed by atoms with E-state index in [1.165, 1.54) is 0 Å². The molecule has 2 aliphatic rings. The Morgan fingerprint density at radius 3 is 3.27 bits per heavy atom. The van der Waals surface area contributed by atoms with E-state index >= 15 is 0 Å². The van der Waals surface area contributed by atoms with Crippen LogP contribution in [0.3, 0.4) is 0 Å². The van der Waals surface area contributed by atoms with Crippen LogP contribution in [0.2, 0.25) is 0 Å². The van der Waals surface area contributed by atoms with Crippen molar-refractivity contribution in [1.82, 2.24) is 4.90 Å². The summed E-state index contributed by atoms with van der Waals surface area (Å²) in [5, 5.41) is 9.20. The lowest BCUT2D eigenvalue weighted by atomic mass is 9.95. The second kappa shape index (κ2) is 2.42. The van der Waals surface area contributed by atoms with Crippen molar-refractivity contribution in [3.05, 3.63) is 0 Å². The van der Waals surface area contributed by atoms with Gasteiger partial charge in [-0.2, -0.15) is 0 Å². The minimum atomic E-state index is -1.26. The summed E-state index contributed by atoms with van der Waals surface area (Å²) >= 11 is 0. The van der Waals surface area contributed by atoms with Crippen molar-refractivity contribution in [2.75, 3.05) is 19.7 Å². The standard InChI is InChI=1S/C8H14FNO/c9-7-4-8(6-11)2-1-3-10(8)5-7/h7,11H,1-6H2/t7-,8+/m1/s1/i1D2. The largest absolute Gasteiger partial charge is 0.394 e. The topological polar surface area (TPSA) is 23.5 Å². The van der Waals surface area contributed by atoms with Crippen LogP contribution in [0.15, 0.2) is 0 Å². The second-order valence-electron chi connectivity index (χ2n) is 3.49. The molecule has 0 aromatic rings. The zero-order valence-electron chi connectivity index (χ0n) is 8.39. The van der Waals surface area contributed by atoms with Crippen molar-refractivity contribution in [2.24, 2.45) is 0 Å². The van der Waals surface area contributed by atoms with Crippen LogP contribution >= 0.6 is 0 Å². The van der Waals surface area contributed by atoms with Crippen LogP contribution in [-0.2, 0) is 0 Å². The first-order chi connectivity index (χ1) is 5.97. The molecule has 2 nitrogen and oxygen atoms in total. The highest BCUT2D eigenvalue weighted by Crippen LogP contribution is 2.39. The smallest absolute Gasteiger partial charge is 0.115 e. The molecule has 0 radical (unpaired) electrons. The minimum absolute atomic E-state index is 0.132. The third-order valence-corrected chi connectivity index (χ3v) is 2.74. The second-order valence-corrected chi connectivity index (χ2v) is 3.49. The van der Waals surface area contributed by atoms with Gasteiger partial charge in [0, 0.05) is 21.2 Å². The van der Waals surface area contributed by atoms with Crippen molar-refractivity contribution in [3.63, 3.8) is 0 Å². The number of aliphatic hydroxyl groups is 1. The molecule has 64 valence electrons. The fourth-order valence-electron chi connectivity index (χ4n) is 2.10. The number of hydrogen-bond donors (Lipinski definition) is 1. The van der Waals surface area contributed by atoms with Gasteiger partial charge in [-0.05, 0) is 19.3 Å². The van der Waals surface area contributed by atoms with Crippen LogP contribution in [-0.4, -0.2) is 41.4 Å². The van der Waals surface area contributed by atoms with Gasteiger partial charge in [-0.25, -0.2) is 4.39 Å². The van der Waals surface area contributed by atoms with Gasteiger partial charge >= 0.3 is 0 Å². The van der Waals surface area contributed by atoms with Gasteiger partial charge in [0.25, 0.3) is 0 Å². The van der Waals surface area contributed by atoms with E-state index in [2.05, 4.69) is 0 Å². The average molecular weight is 161 g/mol. The molecule has 0 bridgehead atoms. The van der Waals surface area contributed by atoms with E-state index < -0.39 is 18.1 Å². The normalized spacial score (nSPS) is 52.0. The molecule has 2 saturated heterocycles. The number of rotatable bonds is 1. The number of halogens is 1. The molecule has 0 spiro atoms. The van der Waals surface area contributed by atoms with E-state index in [4.69, 9.17) is 2.74 Å². The number of alkyl halides is 1. The maximum absolute atomic E-state index is 13.1. The van der Waals surface area contributed by atoms with Crippen molar-refractivity contribution >= 4 is 0 Å². The Kier molecular flexibility index (Phi) is 1.21. The first-order valence-corrected chi connectivity index (χ1v) is 3.97. The average Bonchev–Trinajstić information content (AvgIpc) is 2.36. The van der Waals surface area contributed by atoms with Gasteiger partial charge in [0.05, 0.1) is 6.61 Å². The Bertz CT molecular complexity index is 226. The van der Waals surface area contributed by atoms with Crippen molar-refractivity contribution in [1.29, 1.82) is 0 Å². The van der Waals surface area contributed by atoms with Crippen LogP contribution in [0.4, 0.5) is 4.39 Å². The van der Waals surface area contributed by atoms with Crippen molar-refractivity contribution < 1.29 is 12.2 Å². The highest BCUT2D eigenvalue weighted by Gasteiger charge is 2.47. The van der Waals surface area contributed by atoms with Gasteiger partial charge in [0.15, 0.2) is 0 Å². The molecule has 11 heavy (non-hydrogen) atoms. The third kappa shape index (κ3) is 0.983. The molecule has 2 rings (SSSR count). The van der Waals surface area contributed by atoms with E-state index in [1.54, 1.807) is 4.90 Å². The molecular formula is C8H14FNO. The lowest BCUT2D eigenvalue weighted by Crippen LogP contribution is -2.41. The fourth-order valence-corrected chi connectivity index (χ4v) is 2.10. The van der Waals surface area contributed by atoms with E-state index in [0.717, 1.165) is 0 Å². The predicted molar refractivity (Wildman–Crippen MR) is 40.1 cm³/mol. The fraction of sp³-hybridized carbons (Fsp3) is 1.00. The first-order valence-electron chi connectivity index (χ1n) is 4.97. The first kappa shape index (κ1) is 5.49. The van der Waals surface area contributed by atoms with Gasteiger partial charge in [0.1, 0.15) is 6.17 Å². The van der Waals surface area contributed by atoms with Crippen LogP contribution < -0.4 is 0 Å². The SMILES string of the molecule is [2H]C1([2H])CN2C[C@H](F)C[C@]2(CO)C1. The van der Waals surface area contributed by atoms with Crippen molar-refractivity contribution in [2.45, 2.75) is 30.9 Å². The highest BCUT2D eigenvalue weighted by molar-refractivity contribution is 5.03. The molecule has 1 N–H and O–H groups in total. The van der Waals surface area contributed by atoms with Crippen molar-refractivity contribution in [3.8, 4) is 0 Å². The Morgan fingerprint density at radius 1 is 1.82 bits per heavy atom. The molecule has 0 aromatic heterocycles. The zero-order valence-corrected chi connectivity index (χ0v) is 6.39. The Balaban J connectivity index is 2.20. The summed E-state index contributed by atoms with van der Waals surface area (Å²) in [6, 6.07) is 0. The quantitative estimate of drug-likeness (QED) is 0.607. The van der Waals surface area contributed by atoms with Crippen LogP contribution in [0, 0.1) is 0 Å². The monoisotopic (exact) mass is 161 g/mol. The van der Waals surface area contributed by atoms with E-state index in [1.807, 2.05) is 0 Å². The van der Waals surface area contributed by atoms with E-state index in [9.17, 15) is 9.50 Å². The van der Waals surface area contributed by atoms with Gasteiger partial charge in [-0.1, -0.05) is 0 Å². The maximum atomic E-state index is 13.1. The number of nitrogens with zero attached hydrogens (tertiary/aromatic N) is 1. The molecule has 0 aromatic carbocycles. The Labute approximate surface area is 68.8 Å². The molecule has 3 heteroatoms. The summed E-state index contributed by atoms with van der Waals surface area (Å²) in [6.07, 6.45) is -1.62. The summed E-state index contributed by atoms with van der Waals surface area (Å²) < 4.78 is 28.2. The van der Waals surface area contributed by atoms with Gasteiger partial charge in [-0.15, -0.1) is 0 Å². The van der Waals surface area contributed by atoms with Crippen LogP contribution in [0.1, 0.15) is 22.0 Å². The summed E-state index contributed by atoms with van der Waals surface area (Å²) in [6.45, 7) is 0.404. The Morgan fingerprint density at radius 2 is 2.64 bits per heavy atom. The van der Waals surface area contributed by atoms with E-state index in [0.29, 0.717) is 0 Å². The predicted octanol–water partition coefficient (Wildman–Crippen LogP) is 0.555. The summed E-state index contributed by atoms with van der Waals surface area (Å²) in [5.74, 6) is 0. The van der Waals surface area contributed by atoms with Crippen LogP contribution in [0.25, 0.3) is 0 Å². The molecular weight excluding hydrogens is 145 g/mol. The maximum Gasteiger partial charge on any atom is 0.115 e. The molecule has 2 heterocycles. The number of hydrogen-bond acceptors (Lipinski definition) is 2. The Hall–Kier alpha value is -0.150. The zero-order chi connectivity index (χ0) is 9.69. The molecule has 0 amide bonds.